The zero-order chi connectivity index (χ0) is 35.1. The summed E-state index contributed by atoms with van der Waals surface area (Å²) in [5, 5.41) is 23.8. The van der Waals surface area contributed by atoms with E-state index in [9.17, 15) is 15.3 Å². The Morgan fingerprint density at radius 2 is 1.10 bits per heavy atom. The Morgan fingerprint density at radius 1 is 0.680 bits per heavy atom. The second-order valence-corrected chi connectivity index (χ2v) is 11.6. The van der Waals surface area contributed by atoms with Crippen molar-refractivity contribution in [1.82, 2.24) is 9.13 Å². The highest BCUT2D eigenvalue weighted by atomic mass is 16.1. The monoisotopic (exact) mass is 656 g/mol. The normalized spacial score (nSPS) is 9.90. The number of nitrogens with one attached hydrogen (secondary N) is 1. The van der Waals surface area contributed by atoms with Crippen LogP contribution in [0.3, 0.4) is 0 Å². The lowest BCUT2D eigenvalue weighted by Crippen LogP contribution is -2.05. The number of benzene rings is 4. The zero-order valence-electron chi connectivity index (χ0n) is 28.3. The smallest absolute Gasteiger partial charge is 0.221 e. The molecule has 248 valence electrons. The number of nitriles is 2. The molecule has 6 aromatic rings. The summed E-state index contributed by atoms with van der Waals surface area (Å²) in [6, 6.07) is 31.6. The van der Waals surface area contributed by atoms with Gasteiger partial charge in [0.1, 0.15) is 23.5 Å². The molecule has 0 atom stereocenters. The van der Waals surface area contributed by atoms with Gasteiger partial charge in [0.15, 0.2) is 0 Å². The fourth-order valence-corrected chi connectivity index (χ4v) is 5.73. The van der Waals surface area contributed by atoms with Crippen LogP contribution in [0.2, 0.25) is 0 Å². The van der Waals surface area contributed by atoms with Crippen LogP contribution in [0.4, 0.5) is 11.4 Å². The molecule has 0 unspecified atom stereocenters. The molecule has 0 bridgehead atoms. The van der Waals surface area contributed by atoms with Crippen LogP contribution >= 0.6 is 0 Å². The van der Waals surface area contributed by atoms with Gasteiger partial charge in [0.05, 0.1) is 22.2 Å². The first-order valence-electron chi connectivity index (χ1n) is 16.0. The maximum absolute atomic E-state index is 11.1. The Balaban J connectivity index is 0.000000222. The van der Waals surface area contributed by atoms with E-state index in [4.69, 9.17) is 5.73 Å². The molecule has 50 heavy (non-hydrogen) atoms. The van der Waals surface area contributed by atoms with Gasteiger partial charge in [-0.25, -0.2) is 0 Å². The number of nitrogen functional groups attached to an aromatic ring is 1. The number of carbonyl (C=O) groups excluding carboxylic acids is 1. The van der Waals surface area contributed by atoms with Crippen molar-refractivity contribution in [3.63, 3.8) is 0 Å². The van der Waals surface area contributed by atoms with Gasteiger partial charge in [-0.15, -0.1) is 0 Å². The van der Waals surface area contributed by atoms with Gasteiger partial charge in [-0.1, -0.05) is 43.5 Å². The maximum Gasteiger partial charge on any atom is 0.221 e. The SMILES string of the molecule is C.CCn1c(C#Cc2ccc(N)cc2)c(C#N)c2ccc(C)cc21.CCn1c(C#Cc2ccc(NC(C)=O)cc2)c(C#N)c2ccc(C)cc21. The Bertz CT molecular complexity index is 2410. The van der Waals surface area contributed by atoms with E-state index < -0.39 is 0 Å². The van der Waals surface area contributed by atoms with Gasteiger partial charge >= 0.3 is 0 Å². The molecule has 2 heterocycles. The molecule has 2 aromatic heterocycles. The first-order chi connectivity index (χ1) is 23.7. The van der Waals surface area contributed by atoms with Crippen molar-refractivity contribution in [3.8, 4) is 35.8 Å². The number of rotatable bonds is 3. The van der Waals surface area contributed by atoms with Crippen molar-refractivity contribution in [1.29, 1.82) is 10.5 Å². The Labute approximate surface area is 294 Å². The van der Waals surface area contributed by atoms with E-state index in [1.807, 2.05) is 79.7 Å². The summed E-state index contributed by atoms with van der Waals surface area (Å²) in [7, 11) is 0. The summed E-state index contributed by atoms with van der Waals surface area (Å²) in [5.74, 6) is 12.5. The van der Waals surface area contributed by atoms with Crippen LogP contribution in [-0.4, -0.2) is 15.0 Å². The second-order valence-electron chi connectivity index (χ2n) is 11.6. The van der Waals surface area contributed by atoms with Gasteiger partial charge in [-0.3, -0.25) is 4.79 Å². The number of nitrogens with zero attached hydrogens (tertiary/aromatic N) is 4. The van der Waals surface area contributed by atoms with E-state index in [0.717, 1.165) is 68.7 Å². The van der Waals surface area contributed by atoms with Crippen LogP contribution < -0.4 is 11.1 Å². The summed E-state index contributed by atoms with van der Waals surface area (Å²) < 4.78 is 4.19. The molecule has 0 aliphatic carbocycles. The number of aromatic nitrogens is 2. The fourth-order valence-electron chi connectivity index (χ4n) is 5.73. The number of hydrogen-bond donors (Lipinski definition) is 2. The molecule has 0 aliphatic rings. The van der Waals surface area contributed by atoms with E-state index in [-0.39, 0.29) is 13.3 Å². The number of amides is 1. The number of hydrogen-bond acceptors (Lipinski definition) is 4. The van der Waals surface area contributed by atoms with Crippen LogP contribution in [0.25, 0.3) is 21.8 Å². The summed E-state index contributed by atoms with van der Waals surface area (Å²) in [6.07, 6.45) is 0. The third kappa shape index (κ3) is 7.72. The Morgan fingerprint density at radius 3 is 1.48 bits per heavy atom. The topological polar surface area (TPSA) is 113 Å². The third-order valence-corrected chi connectivity index (χ3v) is 8.06. The van der Waals surface area contributed by atoms with E-state index in [1.54, 1.807) is 0 Å². The molecule has 3 N–H and O–H groups in total. The minimum atomic E-state index is -0.106. The fraction of sp³-hybridized carbons (Fsp3) is 0.186. The van der Waals surface area contributed by atoms with E-state index in [0.29, 0.717) is 16.8 Å². The lowest BCUT2D eigenvalue weighted by Gasteiger charge is -2.03. The molecule has 0 spiro atoms. The first-order valence-corrected chi connectivity index (χ1v) is 16.0. The summed E-state index contributed by atoms with van der Waals surface area (Å²) in [5.41, 5.74) is 16.0. The lowest BCUT2D eigenvalue weighted by atomic mass is 10.1. The molecule has 6 rings (SSSR count). The molecule has 0 saturated carbocycles. The van der Waals surface area contributed by atoms with E-state index >= 15 is 0 Å². The highest BCUT2D eigenvalue weighted by Gasteiger charge is 2.16. The van der Waals surface area contributed by atoms with Gasteiger partial charge < -0.3 is 20.2 Å². The highest BCUT2D eigenvalue weighted by Crippen LogP contribution is 2.28. The average Bonchev–Trinajstić information content (AvgIpc) is 3.56. The molecule has 0 radical (unpaired) electrons. The number of fused-ring (bicyclic) bond motifs is 2. The lowest BCUT2D eigenvalue weighted by molar-refractivity contribution is -0.114. The summed E-state index contributed by atoms with van der Waals surface area (Å²) in [6.45, 7) is 11.2. The van der Waals surface area contributed by atoms with Gasteiger partial charge in [0.25, 0.3) is 0 Å². The third-order valence-electron chi connectivity index (χ3n) is 8.06. The summed E-state index contributed by atoms with van der Waals surface area (Å²) >= 11 is 0. The van der Waals surface area contributed by atoms with Crippen LogP contribution in [0.1, 0.15) is 73.0 Å². The second kappa shape index (κ2) is 16.0. The standard InChI is InChI=1S/C22H19N3O.C20H17N3.CH4/c1-4-25-21(20(14-23)19-11-5-15(2)13-22(19)25)12-8-17-6-9-18(10-7-17)24-16(3)26;1-3-23-19(11-7-15-5-8-16(22)9-6-15)18(13-21)17-10-4-14(2)12-20(17)23;/h5-7,9-11,13H,4H2,1-3H3,(H,24,26);4-6,8-10,12H,3,22H2,1-2H3;1H4. The van der Waals surface area contributed by atoms with Crippen molar-refractivity contribution < 1.29 is 4.79 Å². The molecule has 4 aromatic carbocycles. The number of anilines is 2. The van der Waals surface area contributed by atoms with Crippen LogP contribution in [0, 0.1) is 60.2 Å². The predicted molar refractivity (Wildman–Crippen MR) is 204 cm³/mol. The van der Waals surface area contributed by atoms with E-state index in [1.165, 1.54) is 12.5 Å². The number of carbonyl (C=O) groups is 1. The minimum Gasteiger partial charge on any atom is -0.399 e. The predicted octanol–water partition coefficient (Wildman–Crippen LogP) is 8.66. The minimum absolute atomic E-state index is 0. The Hall–Kier alpha value is -6.67. The van der Waals surface area contributed by atoms with Crippen molar-refractivity contribution in [2.24, 2.45) is 0 Å². The van der Waals surface area contributed by atoms with Crippen molar-refractivity contribution in [3.05, 3.63) is 130 Å². The summed E-state index contributed by atoms with van der Waals surface area (Å²) in [4.78, 5) is 11.1. The molecular weight excluding hydrogens is 617 g/mol. The van der Waals surface area contributed by atoms with Crippen molar-refractivity contribution in [2.75, 3.05) is 11.1 Å². The number of aryl methyl sites for hydroxylation is 4. The van der Waals surface area contributed by atoms with Gasteiger partial charge in [0.2, 0.25) is 5.91 Å². The quantitative estimate of drug-likeness (QED) is 0.147. The average molecular weight is 657 g/mol. The Kier molecular flexibility index (Phi) is 11.5. The largest absolute Gasteiger partial charge is 0.399 e. The zero-order valence-corrected chi connectivity index (χ0v) is 28.3. The van der Waals surface area contributed by atoms with Crippen LogP contribution in [-0.2, 0) is 17.9 Å². The molecule has 1 amide bonds. The first kappa shape index (κ1) is 36.2. The molecule has 0 aliphatic heterocycles. The molecule has 7 heteroatoms. The maximum atomic E-state index is 11.1. The van der Waals surface area contributed by atoms with E-state index in [2.05, 4.69) is 83.2 Å². The van der Waals surface area contributed by atoms with Gasteiger partial charge in [-0.2, -0.15) is 10.5 Å². The van der Waals surface area contributed by atoms with Crippen LogP contribution in [0.15, 0.2) is 84.9 Å². The molecule has 7 nitrogen and oxygen atoms in total. The van der Waals surface area contributed by atoms with Crippen molar-refractivity contribution >= 4 is 39.1 Å². The molecule has 0 saturated heterocycles. The molecule has 0 fully saturated rings. The van der Waals surface area contributed by atoms with Gasteiger partial charge in [-0.05, 0) is 111 Å². The van der Waals surface area contributed by atoms with Crippen LogP contribution in [0.5, 0.6) is 0 Å². The number of nitrogens with two attached hydrogens (primary N) is 1. The van der Waals surface area contributed by atoms with Gasteiger partial charge in [0, 0.05) is 53.3 Å². The molecular formula is C43H40N6O. The van der Waals surface area contributed by atoms with Crippen molar-refractivity contribution in [2.45, 2.75) is 55.1 Å². The highest BCUT2D eigenvalue weighted by molar-refractivity contribution is 5.91.